The van der Waals surface area contributed by atoms with Crippen LogP contribution in [0.15, 0.2) is 37.1 Å². The van der Waals surface area contributed by atoms with E-state index in [1.807, 2.05) is 0 Å². The standard InChI is InChI=1S/C23H22ClFN4O5S/c1-4-19(30)28-13-10-34-9-12(13)27-18-6-11-5-16(35-17(11)8-26-18)23(31)29-22-20(24)14(32-2)7-15(33-3)21(22)25/h4-8,12-13H,1,9-10H2,2-3H3,(H,26,27)(H,28,30)(H,29,31). The average molecular weight is 521 g/mol. The van der Waals surface area contributed by atoms with Crippen molar-refractivity contribution < 1.29 is 28.2 Å². The van der Waals surface area contributed by atoms with Crippen LogP contribution in [-0.4, -0.2) is 56.3 Å². The minimum atomic E-state index is -0.808. The van der Waals surface area contributed by atoms with Crippen molar-refractivity contribution in [3.63, 3.8) is 0 Å². The fourth-order valence-corrected chi connectivity index (χ4v) is 4.75. The SMILES string of the molecule is C=CC(=O)NC1COCC1Nc1cc2cc(C(=O)Nc3c(F)c(OC)cc(OC)c3Cl)sc2cn1. The van der Waals surface area contributed by atoms with Crippen LogP contribution in [0.4, 0.5) is 15.9 Å². The molecule has 35 heavy (non-hydrogen) atoms. The first-order valence-corrected chi connectivity index (χ1v) is 11.6. The fourth-order valence-electron chi connectivity index (χ4n) is 3.58. The number of halogens is 2. The lowest BCUT2D eigenvalue weighted by Crippen LogP contribution is -2.45. The van der Waals surface area contributed by atoms with Crippen molar-refractivity contribution in [1.82, 2.24) is 10.3 Å². The molecule has 1 aliphatic rings. The Hall–Kier alpha value is -3.41. The highest BCUT2D eigenvalue weighted by Crippen LogP contribution is 2.40. The monoisotopic (exact) mass is 520 g/mol. The molecule has 0 saturated carbocycles. The van der Waals surface area contributed by atoms with Gasteiger partial charge in [-0.2, -0.15) is 0 Å². The molecule has 4 rings (SSSR count). The summed E-state index contributed by atoms with van der Waals surface area (Å²) >= 11 is 7.41. The molecule has 0 radical (unpaired) electrons. The zero-order valence-electron chi connectivity index (χ0n) is 18.8. The topological polar surface area (TPSA) is 111 Å². The van der Waals surface area contributed by atoms with Crippen molar-refractivity contribution in [1.29, 1.82) is 0 Å². The smallest absolute Gasteiger partial charge is 0.265 e. The van der Waals surface area contributed by atoms with E-state index in [1.165, 1.54) is 37.7 Å². The van der Waals surface area contributed by atoms with Gasteiger partial charge in [0.1, 0.15) is 22.3 Å². The molecule has 0 aliphatic carbocycles. The van der Waals surface area contributed by atoms with Crippen molar-refractivity contribution in [2.45, 2.75) is 12.1 Å². The first-order valence-electron chi connectivity index (χ1n) is 10.4. The number of hydrogen-bond acceptors (Lipinski definition) is 8. The normalized spacial score (nSPS) is 17.1. The summed E-state index contributed by atoms with van der Waals surface area (Å²) in [6.45, 7) is 4.23. The molecule has 3 heterocycles. The number of aromatic nitrogens is 1. The molecule has 12 heteroatoms. The minimum absolute atomic E-state index is 0.0784. The Balaban J connectivity index is 1.53. The van der Waals surface area contributed by atoms with Crippen molar-refractivity contribution in [2.75, 3.05) is 38.1 Å². The highest BCUT2D eigenvalue weighted by atomic mass is 35.5. The molecular formula is C23H22ClFN4O5S. The van der Waals surface area contributed by atoms with E-state index in [9.17, 15) is 14.0 Å². The lowest BCUT2D eigenvalue weighted by atomic mass is 10.1. The number of methoxy groups -OCH3 is 2. The highest BCUT2D eigenvalue weighted by Gasteiger charge is 2.29. The van der Waals surface area contributed by atoms with Crippen LogP contribution in [0, 0.1) is 5.82 Å². The van der Waals surface area contributed by atoms with Gasteiger partial charge in [0, 0.05) is 12.3 Å². The molecule has 3 N–H and O–H groups in total. The van der Waals surface area contributed by atoms with Crippen molar-refractivity contribution in [2.24, 2.45) is 0 Å². The maximum absolute atomic E-state index is 14.8. The molecule has 0 bridgehead atoms. The number of pyridine rings is 1. The molecule has 9 nitrogen and oxygen atoms in total. The van der Waals surface area contributed by atoms with E-state index in [2.05, 4.69) is 27.5 Å². The number of carbonyl (C=O) groups excluding carboxylic acids is 2. The number of anilines is 2. The van der Waals surface area contributed by atoms with Crippen LogP contribution < -0.4 is 25.4 Å². The molecule has 1 aromatic carbocycles. The van der Waals surface area contributed by atoms with Gasteiger partial charge in [-0.15, -0.1) is 11.3 Å². The van der Waals surface area contributed by atoms with Gasteiger partial charge in [0.15, 0.2) is 11.6 Å². The van der Waals surface area contributed by atoms with Crippen LogP contribution in [0.5, 0.6) is 11.5 Å². The van der Waals surface area contributed by atoms with E-state index in [-0.39, 0.29) is 40.2 Å². The Morgan fingerprint density at radius 1 is 1.23 bits per heavy atom. The van der Waals surface area contributed by atoms with Crippen LogP contribution in [0.3, 0.4) is 0 Å². The third-order valence-corrected chi connectivity index (χ3v) is 6.83. The van der Waals surface area contributed by atoms with Gasteiger partial charge in [0.25, 0.3) is 5.91 Å². The molecule has 1 aliphatic heterocycles. The van der Waals surface area contributed by atoms with Gasteiger partial charge in [0.05, 0.1) is 49.1 Å². The maximum Gasteiger partial charge on any atom is 0.265 e. The number of hydrogen-bond donors (Lipinski definition) is 3. The van der Waals surface area contributed by atoms with E-state index in [0.717, 1.165) is 10.1 Å². The quantitative estimate of drug-likeness (QED) is 0.387. The largest absolute Gasteiger partial charge is 0.495 e. The van der Waals surface area contributed by atoms with Gasteiger partial charge in [-0.1, -0.05) is 18.2 Å². The van der Waals surface area contributed by atoms with E-state index in [1.54, 1.807) is 18.3 Å². The summed E-state index contributed by atoms with van der Waals surface area (Å²) in [6.07, 6.45) is 2.84. The number of ether oxygens (including phenoxy) is 3. The Kier molecular flexibility index (Phi) is 7.39. The van der Waals surface area contributed by atoms with E-state index < -0.39 is 11.7 Å². The van der Waals surface area contributed by atoms with Crippen LogP contribution in [0.2, 0.25) is 5.02 Å². The molecular weight excluding hydrogens is 499 g/mol. The summed E-state index contributed by atoms with van der Waals surface area (Å²) in [6, 6.07) is 4.35. The summed E-state index contributed by atoms with van der Waals surface area (Å²) < 4.78 is 31.2. The molecule has 1 saturated heterocycles. The highest BCUT2D eigenvalue weighted by molar-refractivity contribution is 7.20. The third kappa shape index (κ3) is 5.16. The molecule has 184 valence electrons. The molecule has 2 unspecified atom stereocenters. The second-order valence-corrected chi connectivity index (χ2v) is 9.03. The summed E-state index contributed by atoms with van der Waals surface area (Å²) in [5.41, 5.74) is -0.236. The second-order valence-electron chi connectivity index (χ2n) is 7.56. The predicted molar refractivity (Wildman–Crippen MR) is 132 cm³/mol. The first-order chi connectivity index (χ1) is 16.8. The molecule has 2 atom stereocenters. The van der Waals surface area contributed by atoms with Crippen LogP contribution in [0.1, 0.15) is 9.67 Å². The number of thiophene rings is 1. The van der Waals surface area contributed by atoms with Gasteiger partial charge in [-0.25, -0.2) is 9.37 Å². The predicted octanol–water partition coefficient (Wildman–Crippen LogP) is 3.84. The van der Waals surface area contributed by atoms with Gasteiger partial charge in [0.2, 0.25) is 5.91 Å². The lowest BCUT2D eigenvalue weighted by Gasteiger charge is -2.20. The number of nitrogens with one attached hydrogen (secondary N) is 3. The fraction of sp³-hybridized carbons (Fsp3) is 0.261. The van der Waals surface area contributed by atoms with Crippen molar-refractivity contribution >= 4 is 56.3 Å². The summed E-state index contributed by atoms with van der Waals surface area (Å²) in [4.78, 5) is 29.3. The average Bonchev–Trinajstić information content (AvgIpc) is 3.48. The number of rotatable bonds is 8. The van der Waals surface area contributed by atoms with Crippen LogP contribution in [0.25, 0.3) is 10.1 Å². The number of fused-ring (bicyclic) bond motifs is 1. The zero-order chi connectivity index (χ0) is 25.1. The summed E-state index contributed by atoms with van der Waals surface area (Å²) in [7, 11) is 2.68. The van der Waals surface area contributed by atoms with Gasteiger partial charge >= 0.3 is 0 Å². The van der Waals surface area contributed by atoms with Crippen LogP contribution in [-0.2, 0) is 9.53 Å². The molecule has 0 spiro atoms. The van der Waals surface area contributed by atoms with Crippen molar-refractivity contribution in [3.8, 4) is 11.5 Å². The maximum atomic E-state index is 14.8. The number of carbonyl (C=O) groups is 2. The van der Waals surface area contributed by atoms with Gasteiger partial charge in [-0.3, -0.25) is 9.59 Å². The number of amides is 2. The lowest BCUT2D eigenvalue weighted by molar-refractivity contribution is -0.117. The number of nitrogens with zero attached hydrogens (tertiary/aromatic N) is 1. The second kappa shape index (κ2) is 10.5. The Morgan fingerprint density at radius 3 is 2.69 bits per heavy atom. The van der Waals surface area contributed by atoms with Crippen molar-refractivity contribution in [3.05, 3.63) is 52.8 Å². The minimum Gasteiger partial charge on any atom is -0.495 e. The molecule has 1 fully saturated rings. The summed E-state index contributed by atoms with van der Waals surface area (Å²) in [5.74, 6) is -1.03. The molecule has 3 aromatic rings. The van der Waals surface area contributed by atoms with E-state index >= 15 is 0 Å². The molecule has 2 aromatic heterocycles. The first kappa shape index (κ1) is 24.7. The van der Waals surface area contributed by atoms with E-state index in [4.69, 9.17) is 25.8 Å². The molecule has 2 amide bonds. The third-order valence-electron chi connectivity index (χ3n) is 5.37. The Bertz CT molecular complexity index is 1270. The zero-order valence-corrected chi connectivity index (χ0v) is 20.4. The van der Waals surface area contributed by atoms with Gasteiger partial charge < -0.3 is 30.2 Å². The Morgan fingerprint density at radius 2 is 1.97 bits per heavy atom. The van der Waals surface area contributed by atoms with E-state index in [0.29, 0.717) is 23.9 Å². The summed E-state index contributed by atoms with van der Waals surface area (Å²) in [5, 5.41) is 9.27. The Labute approximate surface area is 209 Å². The van der Waals surface area contributed by atoms with Crippen LogP contribution >= 0.6 is 22.9 Å². The van der Waals surface area contributed by atoms with Gasteiger partial charge in [-0.05, 0) is 23.6 Å². The number of benzene rings is 1.